The van der Waals surface area contributed by atoms with Crippen molar-refractivity contribution in [3.8, 4) is 0 Å². The minimum absolute atomic E-state index is 0.00783. The van der Waals surface area contributed by atoms with Gasteiger partial charge in [0.15, 0.2) is 0 Å². The van der Waals surface area contributed by atoms with Crippen LogP contribution in [0.4, 0.5) is 0 Å². The molecule has 3 nitrogen and oxygen atoms in total. The largest absolute Gasteiger partial charge is 0.381 e. The van der Waals surface area contributed by atoms with Crippen molar-refractivity contribution in [2.75, 3.05) is 36.7 Å². The number of unbranched alkanes of at least 4 members (excludes halogenated alkanes) is 2. The van der Waals surface area contributed by atoms with E-state index < -0.39 is 0 Å². The van der Waals surface area contributed by atoms with E-state index in [1.54, 1.807) is 11.8 Å². The molecule has 0 aliphatic heterocycles. The maximum absolute atomic E-state index is 10.5. The van der Waals surface area contributed by atoms with E-state index in [2.05, 4.69) is 18.4 Å². The molecule has 0 N–H and O–H groups in total. The first kappa shape index (κ1) is 18.3. The highest BCUT2D eigenvalue weighted by atomic mass is 32.2. The lowest BCUT2D eigenvalue weighted by atomic mass is 10.2. The Kier molecular flexibility index (Phi) is 15.5. The Hall–Kier alpha value is 0.260. The normalized spacial score (nSPS) is 12.6. The highest BCUT2D eigenvalue weighted by Crippen LogP contribution is 2.10. The maximum Gasteiger partial charge on any atom is 0.101 e. The molecule has 1 atom stereocenters. The molecule has 1 unspecified atom stereocenters. The molecule has 0 bridgehead atoms. The molecule has 0 spiro atoms. The highest BCUT2D eigenvalue weighted by molar-refractivity contribution is 7.99. The smallest absolute Gasteiger partial charge is 0.101 e. The van der Waals surface area contributed by atoms with E-state index in [9.17, 15) is 4.91 Å². The van der Waals surface area contributed by atoms with Crippen molar-refractivity contribution in [3.63, 3.8) is 0 Å². The quantitative estimate of drug-likeness (QED) is 0.355. The number of hydrogen-bond acceptors (Lipinski definition) is 5. The van der Waals surface area contributed by atoms with E-state index >= 15 is 0 Å². The van der Waals surface area contributed by atoms with Crippen molar-refractivity contribution in [1.82, 2.24) is 0 Å². The summed E-state index contributed by atoms with van der Waals surface area (Å²) in [4.78, 5) is 10.5. The molecule has 0 aromatic rings. The van der Waals surface area contributed by atoms with E-state index in [-0.39, 0.29) is 6.04 Å². The Morgan fingerprint density at radius 2 is 2.00 bits per heavy atom. The average Bonchev–Trinajstić information content (AvgIpc) is 2.39. The van der Waals surface area contributed by atoms with Gasteiger partial charge in [0, 0.05) is 18.1 Å². The number of rotatable bonds is 14. The lowest BCUT2D eigenvalue weighted by molar-refractivity contribution is 0.146. The van der Waals surface area contributed by atoms with Gasteiger partial charge in [0.05, 0.1) is 6.61 Å². The van der Waals surface area contributed by atoms with Crippen LogP contribution in [0.15, 0.2) is 5.18 Å². The summed E-state index contributed by atoms with van der Waals surface area (Å²) in [5.74, 6) is 3.07. The van der Waals surface area contributed by atoms with Gasteiger partial charge in [0.2, 0.25) is 0 Å². The standard InChI is InChI=1S/C13H27NO2S2/c1-3-7-13(14-15)12-18-11-9-16-8-5-4-6-10-17-2/h13H,3-12H2,1-2H3. The molecule has 0 amide bonds. The molecule has 0 aliphatic rings. The Bertz CT molecular complexity index is 182. The second-order valence-corrected chi connectivity index (χ2v) is 6.42. The van der Waals surface area contributed by atoms with Crippen molar-refractivity contribution in [1.29, 1.82) is 0 Å². The number of ether oxygens (including phenoxy) is 1. The molecule has 0 rings (SSSR count). The van der Waals surface area contributed by atoms with Crippen LogP contribution in [0, 0.1) is 4.91 Å². The SMILES string of the molecule is CCCC(CSCCOCCCCCSC)N=O. The zero-order valence-electron chi connectivity index (χ0n) is 11.7. The fourth-order valence-electron chi connectivity index (χ4n) is 1.57. The van der Waals surface area contributed by atoms with E-state index in [4.69, 9.17) is 4.74 Å². The molecular weight excluding hydrogens is 266 g/mol. The summed E-state index contributed by atoms with van der Waals surface area (Å²) in [6.45, 7) is 3.76. The van der Waals surface area contributed by atoms with Gasteiger partial charge < -0.3 is 4.74 Å². The minimum Gasteiger partial charge on any atom is -0.381 e. The van der Waals surface area contributed by atoms with E-state index in [0.717, 1.165) is 37.6 Å². The van der Waals surface area contributed by atoms with Crippen LogP contribution in [-0.2, 0) is 4.74 Å². The van der Waals surface area contributed by atoms with E-state index in [1.165, 1.54) is 25.0 Å². The fourth-order valence-corrected chi connectivity index (χ4v) is 2.96. The third kappa shape index (κ3) is 12.7. The predicted octanol–water partition coefficient (Wildman–Crippen LogP) is 4.20. The van der Waals surface area contributed by atoms with E-state index in [0.29, 0.717) is 0 Å². The Morgan fingerprint density at radius 3 is 2.67 bits per heavy atom. The third-order valence-electron chi connectivity index (χ3n) is 2.59. The number of nitroso groups, excluding NO2 is 1. The van der Waals surface area contributed by atoms with Crippen LogP contribution in [0.3, 0.4) is 0 Å². The molecular formula is C13H27NO2S2. The van der Waals surface area contributed by atoms with Crippen LogP contribution in [0.2, 0.25) is 0 Å². The third-order valence-corrected chi connectivity index (χ3v) is 4.36. The van der Waals surface area contributed by atoms with Gasteiger partial charge in [-0.25, -0.2) is 0 Å². The Balaban J connectivity index is 3.13. The van der Waals surface area contributed by atoms with Crippen LogP contribution >= 0.6 is 23.5 Å². The average molecular weight is 293 g/mol. The molecule has 0 radical (unpaired) electrons. The maximum atomic E-state index is 10.5. The van der Waals surface area contributed by atoms with Gasteiger partial charge in [0.1, 0.15) is 6.04 Å². The minimum atomic E-state index is -0.00783. The summed E-state index contributed by atoms with van der Waals surface area (Å²) in [7, 11) is 0. The Morgan fingerprint density at radius 1 is 1.17 bits per heavy atom. The fraction of sp³-hybridized carbons (Fsp3) is 1.00. The van der Waals surface area contributed by atoms with Crippen molar-refractivity contribution in [3.05, 3.63) is 4.91 Å². The first-order valence-electron chi connectivity index (χ1n) is 6.82. The van der Waals surface area contributed by atoms with Crippen molar-refractivity contribution < 1.29 is 4.74 Å². The van der Waals surface area contributed by atoms with Crippen LogP contribution in [0.5, 0.6) is 0 Å². The van der Waals surface area contributed by atoms with Gasteiger partial charge in [-0.1, -0.05) is 24.9 Å². The van der Waals surface area contributed by atoms with Crippen LogP contribution in [0.1, 0.15) is 39.0 Å². The molecule has 0 saturated carbocycles. The van der Waals surface area contributed by atoms with Crippen LogP contribution in [-0.4, -0.2) is 42.8 Å². The van der Waals surface area contributed by atoms with Gasteiger partial charge in [-0.05, 0) is 31.3 Å². The second kappa shape index (κ2) is 15.3. The molecule has 0 saturated heterocycles. The molecule has 0 fully saturated rings. The molecule has 0 heterocycles. The predicted molar refractivity (Wildman–Crippen MR) is 84.9 cm³/mol. The molecule has 108 valence electrons. The summed E-state index contributed by atoms with van der Waals surface area (Å²) in [5.41, 5.74) is 0. The summed E-state index contributed by atoms with van der Waals surface area (Å²) in [6, 6.07) is -0.00783. The zero-order valence-corrected chi connectivity index (χ0v) is 13.4. The van der Waals surface area contributed by atoms with Crippen molar-refractivity contribution >= 4 is 23.5 Å². The molecule has 0 aromatic heterocycles. The molecule has 0 aliphatic carbocycles. The number of thioether (sulfide) groups is 2. The van der Waals surface area contributed by atoms with Gasteiger partial charge in [0.25, 0.3) is 0 Å². The van der Waals surface area contributed by atoms with Crippen molar-refractivity contribution in [2.24, 2.45) is 5.18 Å². The zero-order chi connectivity index (χ0) is 13.5. The number of nitrogens with zero attached hydrogens (tertiary/aromatic N) is 1. The first-order valence-corrected chi connectivity index (χ1v) is 9.36. The molecule has 18 heavy (non-hydrogen) atoms. The van der Waals surface area contributed by atoms with Crippen molar-refractivity contribution in [2.45, 2.75) is 45.1 Å². The van der Waals surface area contributed by atoms with Gasteiger partial charge >= 0.3 is 0 Å². The molecule has 5 heteroatoms. The lowest BCUT2D eigenvalue weighted by Crippen LogP contribution is -2.08. The summed E-state index contributed by atoms with van der Waals surface area (Å²) < 4.78 is 5.55. The molecule has 0 aromatic carbocycles. The summed E-state index contributed by atoms with van der Waals surface area (Å²) >= 11 is 3.68. The highest BCUT2D eigenvalue weighted by Gasteiger charge is 2.06. The lowest BCUT2D eigenvalue weighted by Gasteiger charge is -2.07. The van der Waals surface area contributed by atoms with Gasteiger partial charge in [-0.2, -0.15) is 28.4 Å². The van der Waals surface area contributed by atoms with Gasteiger partial charge in [-0.3, -0.25) is 0 Å². The van der Waals surface area contributed by atoms with E-state index in [1.807, 2.05) is 11.8 Å². The second-order valence-electron chi connectivity index (χ2n) is 4.29. The first-order chi connectivity index (χ1) is 8.85. The van der Waals surface area contributed by atoms with Gasteiger partial charge in [-0.15, -0.1) is 0 Å². The number of hydrogen-bond donors (Lipinski definition) is 0. The monoisotopic (exact) mass is 293 g/mol. The van der Waals surface area contributed by atoms with Crippen LogP contribution in [0.25, 0.3) is 0 Å². The summed E-state index contributed by atoms with van der Waals surface area (Å²) in [5, 5.41) is 3.14. The topological polar surface area (TPSA) is 38.7 Å². The summed E-state index contributed by atoms with van der Waals surface area (Å²) in [6.07, 6.45) is 7.81. The Labute approximate surface area is 120 Å². The van der Waals surface area contributed by atoms with Crippen LogP contribution < -0.4 is 0 Å².